The number of aromatic nitrogens is 2. The maximum absolute atomic E-state index is 5.48. The van der Waals surface area contributed by atoms with Crippen molar-refractivity contribution in [3.05, 3.63) is 11.7 Å². The molecule has 0 radical (unpaired) electrons. The minimum Gasteiger partial charge on any atom is -0.381 e. The van der Waals surface area contributed by atoms with E-state index in [0.29, 0.717) is 17.9 Å². The average Bonchev–Trinajstić information content (AvgIpc) is 2.89. The SMILES string of the molecule is CC1CC(c2nc(C3CCCOC3)no2)CCN1. The van der Waals surface area contributed by atoms with Crippen molar-refractivity contribution < 1.29 is 9.26 Å². The van der Waals surface area contributed by atoms with E-state index in [4.69, 9.17) is 9.26 Å². The van der Waals surface area contributed by atoms with Gasteiger partial charge in [0.25, 0.3) is 0 Å². The lowest BCUT2D eigenvalue weighted by molar-refractivity contribution is 0.0773. The van der Waals surface area contributed by atoms with Gasteiger partial charge in [-0.1, -0.05) is 5.16 Å². The zero-order chi connectivity index (χ0) is 12.4. The zero-order valence-electron chi connectivity index (χ0n) is 10.9. The van der Waals surface area contributed by atoms with Gasteiger partial charge in [-0.3, -0.25) is 0 Å². The van der Waals surface area contributed by atoms with Crippen molar-refractivity contribution in [1.82, 2.24) is 15.5 Å². The van der Waals surface area contributed by atoms with Gasteiger partial charge in [-0.15, -0.1) is 0 Å². The van der Waals surface area contributed by atoms with E-state index in [9.17, 15) is 0 Å². The van der Waals surface area contributed by atoms with E-state index >= 15 is 0 Å². The van der Waals surface area contributed by atoms with E-state index in [2.05, 4.69) is 22.4 Å². The first kappa shape index (κ1) is 12.1. The van der Waals surface area contributed by atoms with Gasteiger partial charge in [-0.05, 0) is 39.2 Å². The summed E-state index contributed by atoms with van der Waals surface area (Å²) in [4.78, 5) is 4.61. The molecule has 2 fully saturated rings. The van der Waals surface area contributed by atoms with Gasteiger partial charge < -0.3 is 14.6 Å². The van der Waals surface area contributed by atoms with Crippen molar-refractivity contribution in [1.29, 1.82) is 0 Å². The molecule has 1 aromatic rings. The van der Waals surface area contributed by atoms with Crippen LogP contribution in [-0.4, -0.2) is 35.9 Å². The smallest absolute Gasteiger partial charge is 0.229 e. The third kappa shape index (κ3) is 2.57. The van der Waals surface area contributed by atoms with Crippen LogP contribution in [0, 0.1) is 0 Å². The molecule has 3 atom stereocenters. The average molecular weight is 251 g/mol. The van der Waals surface area contributed by atoms with Crippen LogP contribution in [-0.2, 0) is 4.74 Å². The Bertz CT molecular complexity index is 387. The summed E-state index contributed by atoms with van der Waals surface area (Å²) >= 11 is 0. The van der Waals surface area contributed by atoms with Crippen LogP contribution in [0.1, 0.15) is 56.2 Å². The van der Waals surface area contributed by atoms with Gasteiger partial charge in [0, 0.05) is 24.5 Å². The number of hydrogen-bond acceptors (Lipinski definition) is 5. The maximum Gasteiger partial charge on any atom is 0.229 e. The zero-order valence-corrected chi connectivity index (χ0v) is 10.9. The third-order valence-corrected chi connectivity index (χ3v) is 3.96. The van der Waals surface area contributed by atoms with Crippen LogP contribution in [0.3, 0.4) is 0 Å². The van der Waals surface area contributed by atoms with E-state index in [1.807, 2.05) is 0 Å². The Morgan fingerprint density at radius 2 is 2.22 bits per heavy atom. The number of ether oxygens (including phenoxy) is 1. The van der Waals surface area contributed by atoms with E-state index < -0.39 is 0 Å². The fourth-order valence-electron chi connectivity index (χ4n) is 2.88. The summed E-state index contributed by atoms with van der Waals surface area (Å²) in [5.74, 6) is 2.42. The standard InChI is InChI=1S/C13H21N3O2/c1-9-7-10(4-5-14-9)13-15-12(16-18-13)11-3-2-6-17-8-11/h9-11,14H,2-8H2,1H3. The maximum atomic E-state index is 5.48. The molecule has 0 amide bonds. The number of nitrogens with zero attached hydrogens (tertiary/aromatic N) is 2. The predicted octanol–water partition coefficient (Wildman–Crippen LogP) is 1.82. The second-order valence-corrected chi connectivity index (χ2v) is 5.48. The summed E-state index contributed by atoms with van der Waals surface area (Å²) in [6.07, 6.45) is 4.39. The quantitative estimate of drug-likeness (QED) is 0.868. The van der Waals surface area contributed by atoms with Gasteiger partial charge in [0.2, 0.25) is 5.89 Å². The van der Waals surface area contributed by atoms with Crippen molar-refractivity contribution >= 4 is 0 Å². The lowest BCUT2D eigenvalue weighted by Gasteiger charge is -2.25. The molecule has 3 unspecified atom stereocenters. The lowest BCUT2D eigenvalue weighted by atomic mass is 9.93. The molecule has 0 saturated carbocycles. The molecule has 100 valence electrons. The Kier molecular flexibility index (Phi) is 3.61. The van der Waals surface area contributed by atoms with E-state index in [1.54, 1.807) is 0 Å². The predicted molar refractivity (Wildman–Crippen MR) is 66.5 cm³/mol. The highest BCUT2D eigenvalue weighted by molar-refractivity contribution is 5.02. The van der Waals surface area contributed by atoms with Crippen molar-refractivity contribution in [2.45, 2.75) is 50.5 Å². The number of hydrogen-bond donors (Lipinski definition) is 1. The summed E-state index contributed by atoms with van der Waals surface area (Å²) in [6, 6.07) is 0.539. The van der Waals surface area contributed by atoms with Crippen molar-refractivity contribution in [3.63, 3.8) is 0 Å². The molecule has 3 rings (SSSR count). The molecule has 2 aliphatic heterocycles. The Labute approximate surface area is 107 Å². The molecule has 1 N–H and O–H groups in total. The van der Waals surface area contributed by atoms with Crippen LogP contribution in [0.2, 0.25) is 0 Å². The van der Waals surface area contributed by atoms with Crippen molar-refractivity contribution in [3.8, 4) is 0 Å². The first-order valence-electron chi connectivity index (χ1n) is 6.97. The molecular formula is C13H21N3O2. The van der Waals surface area contributed by atoms with Gasteiger partial charge in [0.05, 0.1) is 6.61 Å². The molecular weight excluding hydrogens is 230 g/mol. The van der Waals surface area contributed by atoms with Crippen molar-refractivity contribution in [2.24, 2.45) is 0 Å². The third-order valence-electron chi connectivity index (χ3n) is 3.96. The number of piperidine rings is 1. The van der Waals surface area contributed by atoms with E-state index in [0.717, 1.165) is 57.2 Å². The summed E-state index contributed by atoms with van der Waals surface area (Å²) in [5.41, 5.74) is 0. The molecule has 5 heteroatoms. The molecule has 3 heterocycles. The first-order chi connectivity index (χ1) is 8.83. The first-order valence-corrected chi connectivity index (χ1v) is 6.97. The summed E-state index contributed by atoms with van der Waals surface area (Å²) in [6.45, 7) is 4.85. The summed E-state index contributed by atoms with van der Waals surface area (Å²) in [7, 11) is 0. The van der Waals surface area contributed by atoms with Gasteiger partial charge in [0.1, 0.15) is 0 Å². The van der Waals surface area contributed by atoms with Crippen LogP contribution in [0.15, 0.2) is 4.52 Å². The largest absolute Gasteiger partial charge is 0.381 e. The number of nitrogens with one attached hydrogen (secondary N) is 1. The molecule has 5 nitrogen and oxygen atoms in total. The van der Waals surface area contributed by atoms with Crippen LogP contribution >= 0.6 is 0 Å². The molecule has 0 aromatic carbocycles. The number of rotatable bonds is 2. The monoisotopic (exact) mass is 251 g/mol. The highest BCUT2D eigenvalue weighted by Crippen LogP contribution is 2.29. The second-order valence-electron chi connectivity index (χ2n) is 5.48. The molecule has 0 spiro atoms. The molecule has 18 heavy (non-hydrogen) atoms. The lowest BCUT2D eigenvalue weighted by Crippen LogP contribution is -2.35. The topological polar surface area (TPSA) is 60.2 Å². The van der Waals surface area contributed by atoms with Crippen LogP contribution < -0.4 is 5.32 Å². The van der Waals surface area contributed by atoms with Gasteiger partial charge >= 0.3 is 0 Å². The van der Waals surface area contributed by atoms with Crippen LogP contribution in [0.4, 0.5) is 0 Å². The van der Waals surface area contributed by atoms with E-state index in [1.165, 1.54) is 0 Å². The van der Waals surface area contributed by atoms with Crippen molar-refractivity contribution in [2.75, 3.05) is 19.8 Å². The Morgan fingerprint density at radius 3 is 3.00 bits per heavy atom. The van der Waals surface area contributed by atoms with Gasteiger partial charge in [-0.2, -0.15) is 4.98 Å². The minimum absolute atomic E-state index is 0.329. The summed E-state index contributed by atoms with van der Waals surface area (Å²) < 4.78 is 10.9. The van der Waals surface area contributed by atoms with E-state index in [-0.39, 0.29) is 0 Å². The Hall–Kier alpha value is -0.940. The molecule has 0 aliphatic carbocycles. The molecule has 2 aliphatic rings. The fourth-order valence-corrected chi connectivity index (χ4v) is 2.88. The summed E-state index contributed by atoms with van der Waals surface area (Å²) in [5, 5.41) is 7.60. The van der Waals surface area contributed by atoms with Crippen LogP contribution in [0.5, 0.6) is 0 Å². The minimum atomic E-state index is 0.329. The van der Waals surface area contributed by atoms with Gasteiger partial charge in [0.15, 0.2) is 5.82 Å². The fraction of sp³-hybridized carbons (Fsp3) is 0.846. The Morgan fingerprint density at radius 1 is 1.28 bits per heavy atom. The molecule has 0 bridgehead atoms. The van der Waals surface area contributed by atoms with Crippen LogP contribution in [0.25, 0.3) is 0 Å². The Balaban J connectivity index is 1.68. The second kappa shape index (κ2) is 5.36. The molecule has 2 saturated heterocycles. The molecule has 1 aromatic heterocycles. The highest BCUT2D eigenvalue weighted by atomic mass is 16.5. The normalized spacial score (nSPS) is 33.5. The van der Waals surface area contributed by atoms with Gasteiger partial charge in [-0.25, -0.2) is 0 Å². The highest BCUT2D eigenvalue weighted by Gasteiger charge is 2.27.